The fraction of sp³-hybridized carbons (Fsp3) is 0.357. The zero-order chi connectivity index (χ0) is 14.7. The van der Waals surface area contributed by atoms with Crippen molar-refractivity contribution >= 4 is 12.2 Å². The molecule has 0 unspecified atom stereocenters. The van der Waals surface area contributed by atoms with Gasteiger partial charge in [-0.25, -0.2) is 18.0 Å². The van der Waals surface area contributed by atoms with E-state index in [1.807, 2.05) is 0 Å². The van der Waals surface area contributed by atoms with E-state index >= 15 is 0 Å². The number of benzene rings is 1. The number of carbonyl (C=O) groups is 1. The minimum atomic E-state index is -1.21. The average Bonchev–Trinajstić information content (AvgIpc) is 2.42. The molecule has 6 heteroatoms. The van der Waals surface area contributed by atoms with Gasteiger partial charge in [-0.15, -0.1) is 0 Å². The van der Waals surface area contributed by atoms with Crippen LogP contribution in [0.4, 0.5) is 18.0 Å². The molecule has 1 N–H and O–H groups in total. The molecule has 1 heterocycles. The molecule has 0 atom stereocenters. The molecule has 0 radical (unpaired) electrons. The molecule has 1 amide bonds. The van der Waals surface area contributed by atoms with E-state index in [2.05, 4.69) is 0 Å². The van der Waals surface area contributed by atoms with Crippen LogP contribution in [0.25, 0.3) is 6.08 Å². The Morgan fingerprint density at radius 2 is 1.75 bits per heavy atom. The Bertz CT molecular complexity index is 537. The first kappa shape index (κ1) is 14.4. The lowest BCUT2D eigenvalue weighted by molar-refractivity contribution is 0.129. The number of likely N-dealkylation sites (tertiary alicyclic amines) is 1. The van der Waals surface area contributed by atoms with E-state index in [4.69, 9.17) is 5.11 Å². The number of hydrogen-bond donors (Lipinski definition) is 1. The van der Waals surface area contributed by atoms with Gasteiger partial charge in [-0.05, 0) is 24.8 Å². The summed E-state index contributed by atoms with van der Waals surface area (Å²) in [4.78, 5) is 12.1. The summed E-state index contributed by atoms with van der Waals surface area (Å²) < 4.78 is 39.2. The standard InChI is InChI=1S/C14H14F3NO2/c15-11-8-13(17)12(16)7-10(11)2-1-9-3-5-18(6-4-9)14(19)20/h1-2,7-9H,3-6H2,(H,19,20). The Labute approximate surface area is 114 Å². The Morgan fingerprint density at radius 1 is 1.15 bits per heavy atom. The van der Waals surface area contributed by atoms with Gasteiger partial charge in [0, 0.05) is 24.7 Å². The summed E-state index contributed by atoms with van der Waals surface area (Å²) in [6.07, 6.45) is 3.45. The van der Waals surface area contributed by atoms with Crippen LogP contribution >= 0.6 is 0 Å². The van der Waals surface area contributed by atoms with E-state index in [9.17, 15) is 18.0 Å². The van der Waals surface area contributed by atoms with Gasteiger partial charge in [-0.2, -0.15) is 0 Å². The Kier molecular flexibility index (Phi) is 4.32. The number of halogens is 3. The third-order valence-corrected chi connectivity index (χ3v) is 3.40. The summed E-state index contributed by atoms with van der Waals surface area (Å²) in [6.45, 7) is 0.842. The van der Waals surface area contributed by atoms with Crippen molar-refractivity contribution in [1.29, 1.82) is 0 Å². The largest absolute Gasteiger partial charge is 0.465 e. The van der Waals surface area contributed by atoms with Crippen LogP contribution in [0.3, 0.4) is 0 Å². The number of amides is 1. The van der Waals surface area contributed by atoms with E-state index in [0.29, 0.717) is 32.0 Å². The van der Waals surface area contributed by atoms with Crippen LogP contribution < -0.4 is 0 Å². The van der Waals surface area contributed by atoms with Gasteiger partial charge in [0.1, 0.15) is 5.82 Å². The number of hydrogen-bond acceptors (Lipinski definition) is 1. The lowest BCUT2D eigenvalue weighted by atomic mass is 9.96. The zero-order valence-corrected chi connectivity index (χ0v) is 10.7. The van der Waals surface area contributed by atoms with Gasteiger partial charge in [0.25, 0.3) is 0 Å². The highest BCUT2D eigenvalue weighted by atomic mass is 19.2. The minimum absolute atomic E-state index is 0.00966. The monoisotopic (exact) mass is 285 g/mol. The van der Waals surface area contributed by atoms with Gasteiger partial charge in [0.05, 0.1) is 0 Å². The molecule has 0 spiro atoms. The molecule has 0 saturated carbocycles. The second-order valence-corrected chi connectivity index (χ2v) is 4.75. The molecule has 0 aliphatic carbocycles. The smallest absolute Gasteiger partial charge is 0.407 e. The maximum atomic E-state index is 13.4. The van der Waals surface area contributed by atoms with Crippen molar-refractivity contribution in [3.63, 3.8) is 0 Å². The number of rotatable bonds is 2. The Morgan fingerprint density at radius 3 is 2.35 bits per heavy atom. The van der Waals surface area contributed by atoms with Crippen LogP contribution in [0.5, 0.6) is 0 Å². The first-order chi connectivity index (χ1) is 9.47. The Balaban J connectivity index is 2.01. The predicted octanol–water partition coefficient (Wildman–Crippen LogP) is 3.51. The molecular formula is C14H14F3NO2. The van der Waals surface area contributed by atoms with Crippen LogP contribution in [-0.4, -0.2) is 29.2 Å². The van der Waals surface area contributed by atoms with Gasteiger partial charge < -0.3 is 10.0 Å². The molecule has 0 bridgehead atoms. The highest BCUT2D eigenvalue weighted by Crippen LogP contribution is 2.21. The maximum absolute atomic E-state index is 13.4. The highest BCUT2D eigenvalue weighted by Gasteiger charge is 2.20. The molecular weight excluding hydrogens is 271 g/mol. The van der Waals surface area contributed by atoms with Crippen LogP contribution in [-0.2, 0) is 0 Å². The summed E-state index contributed by atoms with van der Waals surface area (Å²) in [6, 6.07) is 1.33. The average molecular weight is 285 g/mol. The van der Waals surface area contributed by atoms with Crippen molar-refractivity contribution in [1.82, 2.24) is 4.90 Å². The van der Waals surface area contributed by atoms with Crippen LogP contribution in [0, 0.1) is 23.4 Å². The molecule has 1 aromatic carbocycles. The van der Waals surface area contributed by atoms with E-state index < -0.39 is 23.5 Å². The lowest BCUT2D eigenvalue weighted by Crippen LogP contribution is -2.36. The molecule has 2 rings (SSSR count). The Hall–Kier alpha value is -1.98. The molecule has 1 aromatic rings. The van der Waals surface area contributed by atoms with Crippen molar-refractivity contribution in [2.45, 2.75) is 12.8 Å². The fourth-order valence-electron chi connectivity index (χ4n) is 2.19. The van der Waals surface area contributed by atoms with Crippen molar-refractivity contribution in [3.05, 3.63) is 41.2 Å². The first-order valence-electron chi connectivity index (χ1n) is 6.28. The van der Waals surface area contributed by atoms with Gasteiger partial charge in [-0.1, -0.05) is 12.2 Å². The normalized spacial score (nSPS) is 16.9. The molecule has 1 fully saturated rings. The summed E-state index contributed by atoms with van der Waals surface area (Å²) in [5, 5.41) is 8.81. The van der Waals surface area contributed by atoms with Crippen molar-refractivity contribution in [3.8, 4) is 0 Å². The molecule has 1 aliphatic heterocycles. The second-order valence-electron chi connectivity index (χ2n) is 4.75. The van der Waals surface area contributed by atoms with Gasteiger partial charge in [-0.3, -0.25) is 0 Å². The number of nitrogens with zero attached hydrogens (tertiary/aromatic N) is 1. The van der Waals surface area contributed by atoms with E-state index in [1.54, 1.807) is 6.08 Å². The lowest BCUT2D eigenvalue weighted by Gasteiger charge is -2.28. The molecule has 20 heavy (non-hydrogen) atoms. The van der Waals surface area contributed by atoms with Gasteiger partial charge >= 0.3 is 6.09 Å². The topological polar surface area (TPSA) is 40.5 Å². The van der Waals surface area contributed by atoms with E-state index in [1.165, 1.54) is 11.0 Å². The number of allylic oxidation sites excluding steroid dienone is 1. The third kappa shape index (κ3) is 3.31. The SMILES string of the molecule is O=C(O)N1CCC(C=Cc2cc(F)c(F)cc2F)CC1. The van der Waals surface area contributed by atoms with Crippen molar-refractivity contribution < 1.29 is 23.1 Å². The first-order valence-corrected chi connectivity index (χ1v) is 6.28. The minimum Gasteiger partial charge on any atom is -0.465 e. The van der Waals surface area contributed by atoms with E-state index in [0.717, 1.165) is 6.07 Å². The molecule has 1 aliphatic rings. The van der Waals surface area contributed by atoms with Crippen LogP contribution in [0.15, 0.2) is 18.2 Å². The molecule has 0 aromatic heterocycles. The van der Waals surface area contributed by atoms with E-state index in [-0.39, 0.29) is 11.5 Å². The summed E-state index contributed by atoms with van der Waals surface area (Å²) >= 11 is 0. The van der Waals surface area contributed by atoms with Gasteiger partial charge in [0.15, 0.2) is 11.6 Å². The maximum Gasteiger partial charge on any atom is 0.407 e. The van der Waals surface area contributed by atoms with Crippen LogP contribution in [0.1, 0.15) is 18.4 Å². The quantitative estimate of drug-likeness (QED) is 0.845. The number of piperidine rings is 1. The van der Waals surface area contributed by atoms with Crippen molar-refractivity contribution in [2.24, 2.45) is 5.92 Å². The molecule has 3 nitrogen and oxygen atoms in total. The summed E-state index contributed by atoms with van der Waals surface area (Å²) in [5.41, 5.74) is -0.00966. The fourth-order valence-corrected chi connectivity index (χ4v) is 2.19. The summed E-state index contributed by atoms with van der Waals surface area (Å²) in [5.74, 6) is -3.01. The highest BCUT2D eigenvalue weighted by molar-refractivity contribution is 5.65. The summed E-state index contributed by atoms with van der Waals surface area (Å²) in [7, 11) is 0. The van der Waals surface area contributed by atoms with Crippen LogP contribution in [0.2, 0.25) is 0 Å². The molecule has 1 saturated heterocycles. The number of carboxylic acid groups (broad SMARTS) is 1. The van der Waals surface area contributed by atoms with Gasteiger partial charge in [0.2, 0.25) is 0 Å². The second kappa shape index (κ2) is 5.98. The van der Waals surface area contributed by atoms with Crippen molar-refractivity contribution in [2.75, 3.05) is 13.1 Å². The third-order valence-electron chi connectivity index (χ3n) is 3.40. The predicted molar refractivity (Wildman–Crippen MR) is 67.7 cm³/mol. The zero-order valence-electron chi connectivity index (χ0n) is 10.7. The molecule has 108 valence electrons.